The van der Waals surface area contributed by atoms with E-state index in [4.69, 9.17) is 4.74 Å². The SMILES string of the molecule is COC(=O)[C@H](NC(C)(C)C)[C@@H](NC(C)(C)C)c1ccccc1. The van der Waals surface area contributed by atoms with Crippen LogP contribution in [0.5, 0.6) is 0 Å². The van der Waals surface area contributed by atoms with Crippen molar-refractivity contribution >= 4 is 5.97 Å². The van der Waals surface area contributed by atoms with Gasteiger partial charge in [-0.25, -0.2) is 0 Å². The zero-order valence-electron chi connectivity index (χ0n) is 14.9. The van der Waals surface area contributed by atoms with Gasteiger partial charge in [0.1, 0.15) is 6.04 Å². The molecule has 1 rings (SSSR count). The maximum atomic E-state index is 12.4. The van der Waals surface area contributed by atoms with Crippen LogP contribution in [0.4, 0.5) is 0 Å². The summed E-state index contributed by atoms with van der Waals surface area (Å²) in [5, 5.41) is 6.94. The fourth-order valence-corrected chi connectivity index (χ4v) is 2.36. The number of rotatable bonds is 5. The minimum Gasteiger partial charge on any atom is -0.468 e. The van der Waals surface area contributed by atoms with E-state index >= 15 is 0 Å². The first-order valence-corrected chi connectivity index (χ1v) is 7.72. The molecule has 0 spiro atoms. The molecule has 2 N–H and O–H groups in total. The maximum absolute atomic E-state index is 12.4. The molecule has 0 aliphatic carbocycles. The molecule has 0 aromatic heterocycles. The lowest BCUT2D eigenvalue weighted by Crippen LogP contribution is -2.56. The quantitative estimate of drug-likeness (QED) is 0.821. The highest BCUT2D eigenvalue weighted by Gasteiger charge is 2.35. The van der Waals surface area contributed by atoms with Gasteiger partial charge in [0.25, 0.3) is 0 Å². The van der Waals surface area contributed by atoms with E-state index in [0.717, 1.165) is 5.56 Å². The molecule has 1 aromatic carbocycles. The standard InChI is InChI=1S/C18H30N2O2/c1-17(2,3)19-14(13-11-9-8-10-12-13)15(16(21)22-7)20-18(4,5)6/h8-12,14-15,19-20H,1-7H3/t14-,15+/m0/s1. The van der Waals surface area contributed by atoms with Crippen LogP contribution in [0.25, 0.3) is 0 Å². The Bertz CT molecular complexity index is 472. The first-order valence-electron chi connectivity index (χ1n) is 7.72. The Balaban J connectivity index is 3.21. The highest BCUT2D eigenvalue weighted by molar-refractivity contribution is 5.77. The van der Waals surface area contributed by atoms with Gasteiger partial charge in [0, 0.05) is 11.1 Å². The van der Waals surface area contributed by atoms with Gasteiger partial charge in [0.15, 0.2) is 0 Å². The highest BCUT2D eigenvalue weighted by atomic mass is 16.5. The summed E-state index contributed by atoms with van der Waals surface area (Å²) < 4.78 is 5.03. The maximum Gasteiger partial charge on any atom is 0.324 e. The molecule has 0 bridgehead atoms. The van der Waals surface area contributed by atoms with Crippen molar-refractivity contribution in [3.05, 3.63) is 35.9 Å². The zero-order valence-corrected chi connectivity index (χ0v) is 14.9. The average Bonchev–Trinajstić information content (AvgIpc) is 2.40. The van der Waals surface area contributed by atoms with Crippen LogP contribution in [-0.4, -0.2) is 30.2 Å². The molecule has 4 nitrogen and oxygen atoms in total. The van der Waals surface area contributed by atoms with E-state index in [1.807, 2.05) is 51.1 Å². The van der Waals surface area contributed by atoms with Gasteiger partial charge in [-0.05, 0) is 47.1 Å². The third kappa shape index (κ3) is 6.16. The van der Waals surface area contributed by atoms with E-state index in [2.05, 4.69) is 31.4 Å². The van der Waals surface area contributed by atoms with Crippen LogP contribution in [0.1, 0.15) is 53.1 Å². The molecule has 0 fully saturated rings. The van der Waals surface area contributed by atoms with E-state index in [9.17, 15) is 4.79 Å². The number of carbonyl (C=O) groups excluding carboxylic acids is 1. The monoisotopic (exact) mass is 306 g/mol. The lowest BCUT2D eigenvalue weighted by Gasteiger charge is -2.37. The molecule has 0 aliphatic heterocycles. The van der Waals surface area contributed by atoms with Gasteiger partial charge in [-0.2, -0.15) is 0 Å². The third-order valence-corrected chi connectivity index (χ3v) is 3.12. The number of nitrogens with one attached hydrogen (secondary N) is 2. The van der Waals surface area contributed by atoms with E-state index in [0.29, 0.717) is 0 Å². The van der Waals surface area contributed by atoms with Crippen molar-refractivity contribution in [2.24, 2.45) is 0 Å². The fourth-order valence-electron chi connectivity index (χ4n) is 2.36. The van der Waals surface area contributed by atoms with Crippen molar-refractivity contribution in [1.29, 1.82) is 0 Å². The van der Waals surface area contributed by atoms with Gasteiger partial charge in [-0.3, -0.25) is 10.1 Å². The Labute approximate surface area is 134 Å². The summed E-state index contributed by atoms with van der Waals surface area (Å²) in [5.41, 5.74) is 0.724. The number of methoxy groups -OCH3 is 1. The lowest BCUT2D eigenvalue weighted by molar-refractivity contribution is -0.144. The van der Waals surface area contributed by atoms with Crippen LogP contribution in [0.15, 0.2) is 30.3 Å². The molecule has 1 aromatic rings. The molecule has 0 aliphatic rings. The van der Waals surface area contributed by atoms with Gasteiger partial charge in [0.05, 0.1) is 13.2 Å². The van der Waals surface area contributed by atoms with Crippen LogP contribution in [-0.2, 0) is 9.53 Å². The number of hydrogen-bond donors (Lipinski definition) is 2. The predicted molar refractivity (Wildman–Crippen MR) is 90.8 cm³/mol. The van der Waals surface area contributed by atoms with Gasteiger partial charge < -0.3 is 10.1 Å². The third-order valence-electron chi connectivity index (χ3n) is 3.12. The summed E-state index contributed by atoms with van der Waals surface area (Å²) in [4.78, 5) is 12.4. The second kappa shape index (κ2) is 7.25. The Morgan fingerprint density at radius 2 is 1.45 bits per heavy atom. The summed E-state index contributed by atoms with van der Waals surface area (Å²) in [6, 6.07) is 9.37. The van der Waals surface area contributed by atoms with Crippen LogP contribution in [0, 0.1) is 0 Å². The second-order valence-corrected chi connectivity index (χ2v) is 7.68. The number of benzene rings is 1. The molecular weight excluding hydrogens is 276 g/mol. The summed E-state index contributed by atoms with van der Waals surface area (Å²) in [5.74, 6) is -0.263. The van der Waals surface area contributed by atoms with Gasteiger partial charge in [0.2, 0.25) is 0 Å². The molecule has 0 heterocycles. The van der Waals surface area contributed by atoms with Gasteiger partial charge >= 0.3 is 5.97 Å². The molecule has 124 valence electrons. The summed E-state index contributed by atoms with van der Waals surface area (Å²) in [7, 11) is 1.43. The molecule has 0 amide bonds. The van der Waals surface area contributed by atoms with Crippen molar-refractivity contribution in [1.82, 2.24) is 10.6 Å². The number of carbonyl (C=O) groups is 1. The van der Waals surface area contributed by atoms with Crippen LogP contribution < -0.4 is 10.6 Å². The summed E-state index contributed by atoms with van der Waals surface area (Å²) in [6.07, 6.45) is 0. The molecule has 0 radical (unpaired) electrons. The van der Waals surface area contributed by atoms with E-state index in [-0.39, 0.29) is 23.1 Å². The average molecular weight is 306 g/mol. The van der Waals surface area contributed by atoms with Crippen molar-refractivity contribution in [3.63, 3.8) is 0 Å². The highest BCUT2D eigenvalue weighted by Crippen LogP contribution is 2.23. The smallest absolute Gasteiger partial charge is 0.324 e. The summed E-state index contributed by atoms with van der Waals surface area (Å²) in [6.45, 7) is 12.4. The van der Waals surface area contributed by atoms with Crippen molar-refractivity contribution < 1.29 is 9.53 Å². The van der Waals surface area contributed by atoms with Crippen molar-refractivity contribution in [2.45, 2.75) is 64.7 Å². The first kappa shape index (κ1) is 18.7. The Hall–Kier alpha value is -1.39. The Morgan fingerprint density at radius 3 is 1.86 bits per heavy atom. The minimum absolute atomic E-state index is 0.133. The van der Waals surface area contributed by atoms with Crippen LogP contribution in [0.3, 0.4) is 0 Å². The molecule has 0 unspecified atom stereocenters. The van der Waals surface area contributed by atoms with Crippen LogP contribution >= 0.6 is 0 Å². The fraction of sp³-hybridized carbons (Fsp3) is 0.611. The molecule has 4 heteroatoms. The van der Waals surface area contributed by atoms with Gasteiger partial charge in [-0.1, -0.05) is 30.3 Å². The van der Waals surface area contributed by atoms with Crippen molar-refractivity contribution in [3.8, 4) is 0 Å². The van der Waals surface area contributed by atoms with E-state index < -0.39 is 6.04 Å². The Morgan fingerprint density at radius 1 is 0.955 bits per heavy atom. The van der Waals surface area contributed by atoms with E-state index in [1.54, 1.807) is 0 Å². The van der Waals surface area contributed by atoms with Gasteiger partial charge in [-0.15, -0.1) is 0 Å². The molecular formula is C18H30N2O2. The first-order chi connectivity index (χ1) is 10.0. The largest absolute Gasteiger partial charge is 0.468 e. The second-order valence-electron chi connectivity index (χ2n) is 7.68. The topological polar surface area (TPSA) is 50.4 Å². The molecule has 22 heavy (non-hydrogen) atoms. The normalized spacial score (nSPS) is 15.2. The predicted octanol–water partition coefficient (Wildman–Crippen LogP) is 3.05. The molecule has 0 saturated heterocycles. The van der Waals surface area contributed by atoms with Crippen molar-refractivity contribution in [2.75, 3.05) is 7.11 Å². The Kier molecular flexibility index (Phi) is 6.15. The number of hydrogen-bond acceptors (Lipinski definition) is 4. The molecule has 0 saturated carbocycles. The number of ether oxygens (including phenoxy) is 1. The molecule has 2 atom stereocenters. The van der Waals surface area contributed by atoms with Crippen LogP contribution in [0.2, 0.25) is 0 Å². The number of esters is 1. The van der Waals surface area contributed by atoms with E-state index in [1.165, 1.54) is 7.11 Å². The minimum atomic E-state index is -0.466. The lowest BCUT2D eigenvalue weighted by atomic mass is 9.93. The zero-order chi connectivity index (χ0) is 17.0. The summed E-state index contributed by atoms with van der Waals surface area (Å²) >= 11 is 0.